The Morgan fingerprint density at radius 1 is 0.909 bits per heavy atom. The summed E-state index contributed by atoms with van der Waals surface area (Å²) in [5.74, 6) is -0.800. The molecule has 4 rings (SSSR count). The molecule has 0 aromatic heterocycles. The number of halogens is 3. The van der Waals surface area contributed by atoms with Gasteiger partial charge in [0.15, 0.2) is 0 Å². The average Bonchev–Trinajstić information content (AvgIpc) is 3.02. The molecule has 44 heavy (non-hydrogen) atoms. The van der Waals surface area contributed by atoms with Gasteiger partial charge < -0.3 is 25.8 Å². The van der Waals surface area contributed by atoms with Crippen LogP contribution >= 0.6 is 23.2 Å². The minimum atomic E-state index is -0.416. The number of benzene rings is 3. The number of anilines is 2. The molecule has 3 aromatic rings. The fourth-order valence-corrected chi connectivity index (χ4v) is 4.72. The maximum absolute atomic E-state index is 13.1. The van der Waals surface area contributed by atoms with E-state index in [4.69, 9.17) is 23.2 Å². The summed E-state index contributed by atoms with van der Waals surface area (Å²) in [5.41, 5.74) is 3.20. The summed E-state index contributed by atoms with van der Waals surface area (Å²) in [7, 11) is 3.85. The first-order chi connectivity index (χ1) is 21.3. The zero-order chi connectivity index (χ0) is 32.3. The van der Waals surface area contributed by atoms with E-state index >= 15 is 0 Å². The highest BCUT2D eigenvalue weighted by molar-refractivity contribution is 6.35. The minimum absolute atomic E-state index is 0.323. The van der Waals surface area contributed by atoms with Crippen molar-refractivity contribution in [3.63, 3.8) is 0 Å². The Kier molecular flexibility index (Phi) is 17.1. The normalized spacial score (nSPS) is 12.9. The van der Waals surface area contributed by atoms with Crippen molar-refractivity contribution in [2.24, 2.45) is 0 Å². The molecule has 238 valence electrons. The molecule has 1 fully saturated rings. The number of likely N-dealkylation sites (N-methyl/N-ethyl adjacent to an activating group) is 1. The van der Waals surface area contributed by atoms with E-state index in [-0.39, 0.29) is 5.91 Å². The van der Waals surface area contributed by atoms with Crippen molar-refractivity contribution in [3.8, 4) is 0 Å². The standard InChI is InChI=1S/C21H22FN3O3.C9H11Cl2N.C3H9N/c22-18-6-4-17(5-7-18)21(28)23-19-13-16(14-26)3-8-20(19)25-10-2-1-9-24(15-27)11-12-25;1-12-5-4-7-2-3-8(10)6-9(7)11;1-3-4-2/h3-8,13-15H,1-2,9-12H2,(H,23,28);2-3,6,12H,4-5H2,1H3;4H,3H2,1-2H3. The molecule has 0 bridgehead atoms. The van der Waals surface area contributed by atoms with Crippen LogP contribution in [-0.4, -0.2) is 76.9 Å². The van der Waals surface area contributed by atoms with Crippen molar-refractivity contribution < 1.29 is 18.8 Å². The van der Waals surface area contributed by atoms with Gasteiger partial charge in [0, 0.05) is 47.4 Å². The number of nitrogens with zero attached hydrogens (tertiary/aromatic N) is 2. The Hall–Kier alpha value is -3.50. The third-order valence-corrected chi connectivity index (χ3v) is 7.38. The zero-order valence-corrected chi connectivity index (χ0v) is 27.1. The van der Waals surface area contributed by atoms with E-state index in [1.165, 1.54) is 24.3 Å². The molecule has 1 saturated heterocycles. The van der Waals surface area contributed by atoms with Gasteiger partial charge in [0.05, 0.1) is 11.4 Å². The lowest BCUT2D eigenvalue weighted by Gasteiger charge is -2.32. The maximum Gasteiger partial charge on any atom is 0.255 e. The molecule has 2 amide bonds. The summed E-state index contributed by atoms with van der Waals surface area (Å²) in [4.78, 5) is 38.8. The van der Waals surface area contributed by atoms with E-state index in [9.17, 15) is 18.8 Å². The molecule has 8 nitrogen and oxygen atoms in total. The van der Waals surface area contributed by atoms with Crippen LogP contribution in [0.25, 0.3) is 0 Å². The van der Waals surface area contributed by atoms with E-state index < -0.39 is 5.82 Å². The van der Waals surface area contributed by atoms with Gasteiger partial charge in [-0.05, 0) is 107 Å². The van der Waals surface area contributed by atoms with Gasteiger partial charge in [-0.3, -0.25) is 14.4 Å². The summed E-state index contributed by atoms with van der Waals surface area (Å²) >= 11 is 11.7. The van der Waals surface area contributed by atoms with Crippen molar-refractivity contribution in [1.82, 2.24) is 15.5 Å². The number of hydrogen-bond donors (Lipinski definition) is 3. The summed E-state index contributed by atoms with van der Waals surface area (Å²) in [5, 5.41) is 10.3. The second kappa shape index (κ2) is 20.5. The fourth-order valence-electron chi connectivity index (χ4n) is 4.22. The van der Waals surface area contributed by atoms with Crippen molar-refractivity contribution in [2.45, 2.75) is 26.2 Å². The Balaban J connectivity index is 0.000000349. The van der Waals surface area contributed by atoms with Gasteiger partial charge in [0.1, 0.15) is 12.1 Å². The number of hydrogen-bond acceptors (Lipinski definition) is 6. The number of rotatable bonds is 9. The molecule has 0 saturated carbocycles. The Labute approximate surface area is 269 Å². The van der Waals surface area contributed by atoms with Gasteiger partial charge in [-0.25, -0.2) is 4.39 Å². The van der Waals surface area contributed by atoms with E-state index in [0.717, 1.165) is 74.4 Å². The van der Waals surface area contributed by atoms with Crippen molar-refractivity contribution in [1.29, 1.82) is 0 Å². The predicted molar refractivity (Wildman–Crippen MR) is 179 cm³/mol. The highest BCUT2D eigenvalue weighted by Crippen LogP contribution is 2.28. The third kappa shape index (κ3) is 12.6. The zero-order valence-electron chi connectivity index (χ0n) is 25.5. The van der Waals surface area contributed by atoms with Crippen molar-refractivity contribution in [3.05, 3.63) is 93.2 Å². The summed E-state index contributed by atoms with van der Waals surface area (Å²) in [6.07, 6.45) is 4.33. The van der Waals surface area contributed by atoms with Gasteiger partial charge in [0.25, 0.3) is 5.91 Å². The van der Waals surface area contributed by atoms with Gasteiger partial charge in [-0.2, -0.15) is 0 Å². The number of carbonyl (C=O) groups excluding carboxylic acids is 3. The molecule has 0 radical (unpaired) electrons. The van der Waals surface area contributed by atoms with E-state index in [1.807, 2.05) is 26.2 Å². The van der Waals surface area contributed by atoms with Gasteiger partial charge in [0.2, 0.25) is 6.41 Å². The summed E-state index contributed by atoms with van der Waals surface area (Å²) in [6, 6.07) is 16.0. The van der Waals surface area contributed by atoms with Crippen LogP contribution in [-0.2, 0) is 11.2 Å². The largest absolute Gasteiger partial charge is 0.368 e. The smallest absolute Gasteiger partial charge is 0.255 e. The number of nitrogens with one attached hydrogen (secondary N) is 3. The highest BCUT2D eigenvalue weighted by Gasteiger charge is 2.18. The lowest BCUT2D eigenvalue weighted by atomic mass is 10.1. The molecule has 11 heteroatoms. The van der Waals surface area contributed by atoms with E-state index in [2.05, 4.69) is 27.8 Å². The fraction of sp³-hybridized carbons (Fsp3) is 0.364. The Bertz CT molecular complexity index is 1330. The molecule has 1 aliphatic heterocycles. The van der Waals surface area contributed by atoms with Crippen LogP contribution in [0.15, 0.2) is 60.7 Å². The Morgan fingerprint density at radius 2 is 1.61 bits per heavy atom. The highest BCUT2D eigenvalue weighted by atomic mass is 35.5. The second-order valence-corrected chi connectivity index (χ2v) is 10.8. The third-order valence-electron chi connectivity index (χ3n) is 6.79. The van der Waals surface area contributed by atoms with Gasteiger partial charge in [-0.1, -0.05) is 36.2 Å². The number of carbonyl (C=O) groups is 3. The molecule has 0 unspecified atom stereocenters. The van der Waals surface area contributed by atoms with Crippen LogP contribution in [0.1, 0.15) is 46.0 Å². The quantitative estimate of drug-likeness (QED) is 0.250. The van der Waals surface area contributed by atoms with Crippen LogP contribution in [0.4, 0.5) is 15.8 Å². The van der Waals surface area contributed by atoms with E-state index in [0.29, 0.717) is 34.9 Å². The molecule has 0 aliphatic carbocycles. The first-order valence-corrected chi connectivity index (χ1v) is 15.3. The molecule has 3 aromatic carbocycles. The maximum atomic E-state index is 13.1. The van der Waals surface area contributed by atoms with Crippen LogP contribution in [0, 0.1) is 5.82 Å². The van der Waals surface area contributed by atoms with Crippen LogP contribution in [0.2, 0.25) is 10.0 Å². The minimum Gasteiger partial charge on any atom is -0.368 e. The summed E-state index contributed by atoms with van der Waals surface area (Å²) in [6.45, 7) is 6.81. The monoisotopic (exact) mass is 645 g/mol. The van der Waals surface area contributed by atoms with E-state index in [1.54, 1.807) is 29.2 Å². The summed E-state index contributed by atoms with van der Waals surface area (Å²) < 4.78 is 13.1. The topological polar surface area (TPSA) is 93.8 Å². The molecule has 0 spiro atoms. The lowest BCUT2D eigenvalue weighted by Crippen LogP contribution is -2.38. The van der Waals surface area contributed by atoms with Gasteiger partial charge >= 0.3 is 0 Å². The first kappa shape index (κ1) is 36.7. The average molecular weight is 647 g/mol. The van der Waals surface area contributed by atoms with Gasteiger partial charge in [-0.15, -0.1) is 0 Å². The molecule has 3 N–H and O–H groups in total. The number of amides is 2. The van der Waals surface area contributed by atoms with Crippen molar-refractivity contribution in [2.75, 3.05) is 63.6 Å². The van der Waals surface area contributed by atoms with Crippen LogP contribution < -0.4 is 20.9 Å². The van der Waals surface area contributed by atoms with Crippen LogP contribution in [0.3, 0.4) is 0 Å². The molecule has 0 atom stereocenters. The number of aldehydes is 1. The van der Waals surface area contributed by atoms with Crippen LogP contribution in [0.5, 0.6) is 0 Å². The first-order valence-electron chi connectivity index (χ1n) is 14.6. The Morgan fingerprint density at radius 3 is 2.23 bits per heavy atom. The molecular weight excluding hydrogens is 604 g/mol. The van der Waals surface area contributed by atoms with Crippen molar-refractivity contribution >= 4 is 53.2 Å². The molecular formula is C33H42Cl2FN5O3. The SMILES string of the molecule is CCNC.CNCCc1ccc(Cl)cc1Cl.O=Cc1ccc(N2CCCCN(C=O)CC2)c(NC(=O)c2ccc(F)cc2)c1. The lowest BCUT2D eigenvalue weighted by molar-refractivity contribution is -0.118. The second-order valence-electron chi connectivity index (χ2n) is 9.99. The molecule has 1 heterocycles. The molecule has 1 aliphatic rings. The predicted octanol–water partition coefficient (Wildman–Crippen LogP) is 5.93.